The molecule has 3 aliphatic rings. The number of nitrogens with zero attached hydrogens (tertiary/aromatic N) is 1. The number of likely N-dealkylation sites (tertiary alicyclic amines) is 1. The molecule has 0 atom stereocenters. The highest BCUT2D eigenvalue weighted by atomic mass is 16.6. The van der Waals surface area contributed by atoms with E-state index >= 15 is 0 Å². The average molecular weight is 348 g/mol. The second-order valence-corrected chi connectivity index (χ2v) is 6.79. The summed E-state index contributed by atoms with van der Waals surface area (Å²) in [5.41, 5.74) is 6.32. The number of fused-ring (bicyclic) bond motifs is 2. The van der Waals surface area contributed by atoms with Gasteiger partial charge in [0.05, 0.1) is 6.61 Å². The summed E-state index contributed by atoms with van der Waals surface area (Å²) in [7, 11) is 0. The summed E-state index contributed by atoms with van der Waals surface area (Å²) < 4.78 is 5.16. The molecule has 0 unspecified atom stereocenters. The van der Waals surface area contributed by atoms with E-state index in [-0.39, 0.29) is 6.09 Å². The standard InChI is InChI=1S/C22H24N2O2/c1-2-26-22(25)24-14-11-17(12-15-24)20-19-8-4-3-6-16(19)9-10-18-7-5-13-23-21(18)20/h3-10,13,17,23H,2,11-12,14-15H2,1H3. The van der Waals surface area contributed by atoms with E-state index in [1.165, 1.54) is 28.0 Å². The summed E-state index contributed by atoms with van der Waals surface area (Å²) >= 11 is 0. The van der Waals surface area contributed by atoms with Crippen molar-refractivity contribution in [2.24, 2.45) is 5.92 Å². The molecule has 1 fully saturated rings. The van der Waals surface area contributed by atoms with Gasteiger partial charge in [0.15, 0.2) is 0 Å². The van der Waals surface area contributed by atoms with Gasteiger partial charge in [-0.15, -0.1) is 0 Å². The molecular weight excluding hydrogens is 324 g/mol. The lowest BCUT2D eigenvalue weighted by atomic mass is 9.82. The summed E-state index contributed by atoms with van der Waals surface area (Å²) in [5, 5.41) is 3.48. The number of rotatable bonds is 2. The van der Waals surface area contributed by atoms with Crippen molar-refractivity contribution in [3.8, 4) is 0 Å². The number of hydrogen-bond acceptors (Lipinski definition) is 3. The molecule has 2 aliphatic heterocycles. The first kappa shape index (κ1) is 16.7. The summed E-state index contributed by atoms with van der Waals surface area (Å²) in [6.07, 6.45) is 12.3. The molecule has 0 radical (unpaired) electrons. The van der Waals surface area contributed by atoms with Gasteiger partial charge in [-0.3, -0.25) is 0 Å². The Kier molecular flexibility index (Phi) is 4.65. The molecular formula is C22H24N2O2. The monoisotopic (exact) mass is 348 g/mol. The topological polar surface area (TPSA) is 41.6 Å². The van der Waals surface area contributed by atoms with Gasteiger partial charge < -0.3 is 15.0 Å². The molecule has 2 heterocycles. The molecule has 0 saturated carbocycles. The van der Waals surface area contributed by atoms with Crippen LogP contribution in [0.3, 0.4) is 0 Å². The molecule has 1 aliphatic carbocycles. The minimum absolute atomic E-state index is 0.189. The normalized spacial score (nSPS) is 19.3. The maximum atomic E-state index is 12.0. The Labute approximate surface area is 154 Å². The van der Waals surface area contributed by atoms with Crippen molar-refractivity contribution in [3.63, 3.8) is 0 Å². The van der Waals surface area contributed by atoms with E-state index in [2.05, 4.69) is 47.8 Å². The van der Waals surface area contributed by atoms with Gasteiger partial charge in [-0.05, 0) is 54.0 Å². The number of amides is 1. The third-order valence-corrected chi connectivity index (χ3v) is 5.28. The zero-order chi connectivity index (χ0) is 17.9. The van der Waals surface area contributed by atoms with E-state index in [1.807, 2.05) is 24.1 Å². The lowest BCUT2D eigenvalue weighted by Crippen LogP contribution is -2.39. The number of allylic oxidation sites excluding steroid dienone is 4. The van der Waals surface area contributed by atoms with Crippen molar-refractivity contribution in [2.75, 3.05) is 19.7 Å². The van der Waals surface area contributed by atoms with E-state index < -0.39 is 0 Å². The van der Waals surface area contributed by atoms with Crippen LogP contribution < -0.4 is 5.32 Å². The van der Waals surface area contributed by atoms with E-state index in [9.17, 15) is 4.79 Å². The Hall–Kier alpha value is -2.75. The van der Waals surface area contributed by atoms with E-state index in [0.717, 1.165) is 25.9 Å². The third-order valence-electron chi connectivity index (χ3n) is 5.28. The van der Waals surface area contributed by atoms with Crippen molar-refractivity contribution < 1.29 is 9.53 Å². The fraction of sp³-hybridized carbons (Fsp3) is 0.318. The molecule has 1 amide bonds. The van der Waals surface area contributed by atoms with Gasteiger partial charge in [0.2, 0.25) is 0 Å². The molecule has 26 heavy (non-hydrogen) atoms. The van der Waals surface area contributed by atoms with Crippen LogP contribution in [-0.4, -0.2) is 30.7 Å². The van der Waals surface area contributed by atoms with E-state index in [0.29, 0.717) is 12.5 Å². The third kappa shape index (κ3) is 3.07. The number of nitrogens with one attached hydrogen (secondary N) is 1. The first-order chi connectivity index (χ1) is 12.8. The molecule has 1 aromatic rings. The Morgan fingerprint density at radius 2 is 2.04 bits per heavy atom. The predicted molar refractivity (Wildman–Crippen MR) is 104 cm³/mol. The molecule has 134 valence electrons. The number of carbonyl (C=O) groups is 1. The minimum Gasteiger partial charge on any atom is -0.450 e. The Morgan fingerprint density at radius 1 is 1.23 bits per heavy atom. The van der Waals surface area contributed by atoms with Gasteiger partial charge in [-0.1, -0.05) is 42.5 Å². The number of hydrogen-bond donors (Lipinski definition) is 1. The van der Waals surface area contributed by atoms with Crippen LogP contribution in [0.15, 0.2) is 60.0 Å². The summed E-state index contributed by atoms with van der Waals surface area (Å²) in [4.78, 5) is 13.8. The second-order valence-electron chi connectivity index (χ2n) is 6.79. The van der Waals surface area contributed by atoms with Crippen LogP contribution in [0.4, 0.5) is 4.79 Å². The van der Waals surface area contributed by atoms with Crippen LogP contribution in [0.25, 0.3) is 11.6 Å². The smallest absolute Gasteiger partial charge is 0.409 e. The Morgan fingerprint density at radius 3 is 2.85 bits per heavy atom. The molecule has 0 spiro atoms. The molecule has 0 bridgehead atoms. The van der Waals surface area contributed by atoms with Crippen molar-refractivity contribution >= 4 is 17.7 Å². The lowest BCUT2D eigenvalue weighted by molar-refractivity contribution is 0.0959. The Balaban J connectivity index is 1.66. The number of piperidine rings is 1. The van der Waals surface area contributed by atoms with E-state index in [1.54, 1.807) is 0 Å². The summed E-state index contributed by atoms with van der Waals surface area (Å²) in [5.74, 6) is 0.416. The quantitative estimate of drug-likeness (QED) is 0.865. The molecule has 4 heteroatoms. The fourth-order valence-electron chi connectivity index (χ4n) is 4.01. The lowest BCUT2D eigenvalue weighted by Gasteiger charge is -2.34. The first-order valence-electron chi connectivity index (χ1n) is 9.35. The SMILES string of the molecule is CCOC(=O)N1CCC(C2=C3NC=CC=C3C=Cc3ccccc32)CC1. The van der Waals surface area contributed by atoms with Crippen molar-refractivity contribution in [1.29, 1.82) is 0 Å². The van der Waals surface area contributed by atoms with Gasteiger partial charge in [0.25, 0.3) is 0 Å². The maximum absolute atomic E-state index is 12.0. The zero-order valence-electron chi connectivity index (χ0n) is 15.1. The van der Waals surface area contributed by atoms with Crippen LogP contribution in [0.5, 0.6) is 0 Å². The van der Waals surface area contributed by atoms with Crippen LogP contribution in [0.1, 0.15) is 30.9 Å². The van der Waals surface area contributed by atoms with Gasteiger partial charge in [-0.25, -0.2) is 4.79 Å². The first-order valence-corrected chi connectivity index (χ1v) is 9.35. The zero-order valence-corrected chi connectivity index (χ0v) is 15.1. The second kappa shape index (κ2) is 7.24. The summed E-state index contributed by atoms with van der Waals surface area (Å²) in [6, 6.07) is 8.58. The van der Waals surface area contributed by atoms with E-state index in [4.69, 9.17) is 4.74 Å². The van der Waals surface area contributed by atoms with Gasteiger partial charge in [0.1, 0.15) is 0 Å². The molecule has 0 aromatic heterocycles. The average Bonchev–Trinajstić information content (AvgIpc) is 2.85. The van der Waals surface area contributed by atoms with Crippen molar-refractivity contribution in [3.05, 3.63) is 71.1 Å². The molecule has 4 rings (SSSR count). The largest absolute Gasteiger partial charge is 0.450 e. The molecule has 1 aromatic carbocycles. The molecule has 1 saturated heterocycles. The number of ether oxygens (including phenoxy) is 1. The highest BCUT2D eigenvalue weighted by molar-refractivity contribution is 5.84. The van der Waals surface area contributed by atoms with Crippen LogP contribution in [-0.2, 0) is 4.74 Å². The van der Waals surface area contributed by atoms with Gasteiger partial charge in [-0.2, -0.15) is 0 Å². The van der Waals surface area contributed by atoms with Crippen LogP contribution in [0, 0.1) is 5.92 Å². The highest BCUT2D eigenvalue weighted by Crippen LogP contribution is 2.40. The Bertz CT molecular complexity index is 824. The van der Waals surface area contributed by atoms with Crippen molar-refractivity contribution in [2.45, 2.75) is 19.8 Å². The number of benzene rings is 1. The highest BCUT2D eigenvalue weighted by Gasteiger charge is 2.30. The van der Waals surface area contributed by atoms with Crippen molar-refractivity contribution in [1.82, 2.24) is 10.2 Å². The fourth-order valence-corrected chi connectivity index (χ4v) is 4.01. The van der Waals surface area contributed by atoms with Crippen LogP contribution >= 0.6 is 0 Å². The summed E-state index contributed by atoms with van der Waals surface area (Å²) in [6.45, 7) is 3.76. The predicted octanol–water partition coefficient (Wildman–Crippen LogP) is 4.34. The van der Waals surface area contributed by atoms with Crippen LogP contribution in [0.2, 0.25) is 0 Å². The van der Waals surface area contributed by atoms with Gasteiger partial charge in [0, 0.05) is 25.0 Å². The molecule has 4 nitrogen and oxygen atoms in total. The maximum Gasteiger partial charge on any atom is 0.409 e. The van der Waals surface area contributed by atoms with Gasteiger partial charge >= 0.3 is 6.09 Å². The number of dihydropyridines is 1. The molecule has 1 N–H and O–H groups in total. The minimum atomic E-state index is -0.189. The number of carbonyl (C=O) groups excluding carboxylic acids is 1.